The van der Waals surface area contributed by atoms with E-state index in [0.717, 1.165) is 43.9 Å². The minimum absolute atomic E-state index is 0.0873. The molecule has 3 rings (SSSR count). The molecule has 0 aromatic heterocycles. The molecule has 0 radical (unpaired) electrons. The maximum Gasteiger partial charge on any atom is 0.416 e. The number of nitrogens with one attached hydrogen (secondary N) is 1. The summed E-state index contributed by atoms with van der Waals surface area (Å²) in [6, 6.07) is 14.4. The molecule has 1 N–H and O–H groups in total. The molecule has 0 saturated carbocycles. The highest BCUT2D eigenvalue weighted by Crippen LogP contribution is 2.29. The molecule has 1 aliphatic heterocycles. The van der Waals surface area contributed by atoms with Crippen molar-refractivity contribution in [1.29, 1.82) is 0 Å². The highest BCUT2D eigenvalue weighted by atomic mass is 19.4. The number of halogens is 3. The maximum atomic E-state index is 12.9. The second-order valence-corrected chi connectivity index (χ2v) is 7.51. The van der Waals surface area contributed by atoms with E-state index in [4.69, 9.17) is 0 Å². The van der Waals surface area contributed by atoms with Crippen LogP contribution in [0.15, 0.2) is 54.6 Å². The first-order valence-corrected chi connectivity index (χ1v) is 9.72. The van der Waals surface area contributed by atoms with Crippen molar-refractivity contribution in [1.82, 2.24) is 15.1 Å². The average molecular weight is 405 g/mol. The first-order valence-electron chi connectivity index (χ1n) is 9.72. The Labute approximate surface area is 169 Å². The fraction of sp³-hybridized carbons (Fsp3) is 0.409. The fourth-order valence-corrected chi connectivity index (χ4v) is 3.50. The number of hydrogen-bond acceptors (Lipinski definition) is 3. The van der Waals surface area contributed by atoms with Crippen LogP contribution in [0.3, 0.4) is 0 Å². The molecule has 1 atom stereocenters. The van der Waals surface area contributed by atoms with Crippen LogP contribution in [0.4, 0.5) is 13.2 Å². The predicted molar refractivity (Wildman–Crippen MR) is 106 cm³/mol. The number of carbonyl (C=O) groups excluding carboxylic acids is 1. The molecular formula is C22H26F3N3O. The molecule has 2 aromatic rings. The third kappa shape index (κ3) is 6.30. The largest absolute Gasteiger partial charge is 0.416 e. The average Bonchev–Trinajstić information content (AvgIpc) is 2.69. The number of likely N-dealkylation sites (N-methyl/N-ethyl adjacent to an activating group) is 1. The van der Waals surface area contributed by atoms with Crippen molar-refractivity contribution in [3.8, 4) is 0 Å². The van der Waals surface area contributed by atoms with Gasteiger partial charge in [0.05, 0.1) is 18.0 Å². The van der Waals surface area contributed by atoms with Crippen LogP contribution in [0.25, 0.3) is 0 Å². The Morgan fingerprint density at radius 3 is 2.38 bits per heavy atom. The van der Waals surface area contributed by atoms with Gasteiger partial charge in [0.2, 0.25) is 5.91 Å². The van der Waals surface area contributed by atoms with Crippen molar-refractivity contribution in [2.45, 2.75) is 18.6 Å². The number of nitrogens with zero attached hydrogens (tertiary/aromatic N) is 2. The summed E-state index contributed by atoms with van der Waals surface area (Å²) in [6.45, 7) is 4.46. The standard InChI is InChI=1S/C22H26F3N3O/c1-27-10-12-28(13-11-27)16-20(18-7-3-2-4-8-18)26-21(29)15-17-6-5-9-19(14-17)22(23,24)25/h2-9,14,20H,10-13,15-16H2,1H3,(H,26,29). The molecule has 0 aliphatic carbocycles. The summed E-state index contributed by atoms with van der Waals surface area (Å²) in [7, 11) is 2.09. The Bertz CT molecular complexity index is 802. The lowest BCUT2D eigenvalue weighted by molar-refractivity contribution is -0.137. The predicted octanol–water partition coefficient (Wildman–Crippen LogP) is 3.35. The SMILES string of the molecule is CN1CCN(CC(NC(=O)Cc2cccc(C(F)(F)F)c2)c2ccccc2)CC1. The van der Waals surface area contributed by atoms with Crippen LogP contribution in [0, 0.1) is 0 Å². The van der Waals surface area contributed by atoms with E-state index in [1.165, 1.54) is 6.07 Å². The van der Waals surface area contributed by atoms with Crippen molar-refractivity contribution in [2.75, 3.05) is 39.8 Å². The van der Waals surface area contributed by atoms with Crippen LogP contribution < -0.4 is 5.32 Å². The van der Waals surface area contributed by atoms with Gasteiger partial charge < -0.3 is 10.2 Å². The van der Waals surface area contributed by atoms with Gasteiger partial charge in [0.15, 0.2) is 0 Å². The quantitative estimate of drug-likeness (QED) is 0.801. The minimum atomic E-state index is -4.42. The Kier molecular flexibility index (Phi) is 6.92. The van der Waals surface area contributed by atoms with Crippen LogP contribution in [-0.4, -0.2) is 55.5 Å². The molecule has 1 amide bonds. The number of hydrogen-bond donors (Lipinski definition) is 1. The van der Waals surface area contributed by atoms with E-state index in [1.807, 2.05) is 30.3 Å². The molecule has 156 valence electrons. The van der Waals surface area contributed by atoms with Crippen molar-refractivity contribution < 1.29 is 18.0 Å². The molecular weight excluding hydrogens is 379 g/mol. The second-order valence-electron chi connectivity index (χ2n) is 7.51. The third-order valence-electron chi connectivity index (χ3n) is 5.19. The van der Waals surface area contributed by atoms with E-state index < -0.39 is 11.7 Å². The van der Waals surface area contributed by atoms with Gasteiger partial charge in [0.1, 0.15) is 0 Å². The number of amides is 1. The lowest BCUT2D eigenvalue weighted by atomic mass is 10.0. The van der Waals surface area contributed by atoms with Crippen LogP contribution in [-0.2, 0) is 17.4 Å². The van der Waals surface area contributed by atoms with Gasteiger partial charge in [-0.25, -0.2) is 0 Å². The molecule has 1 unspecified atom stereocenters. The van der Waals surface area contributed by atoms with E-state index in [-0.39, 0.29) is 18.4 Å². The zero-order valence-electron chi connectivity index (χ0n) is 16.5. The Hall–Kier alpha value is -2.38. The first-order chi connectivity index (χ1) is 13.8. The smallest absolute Gasteiger partial charge is 0.348 e. The highest BCUT2D eigenvalue weighted by molar-refractivity contribution is 5.79. The summed E-state index contributed by atoms with van der Waals surface area (Å²) >= 11 is 0. The van der Waals surface area contributed by atoms with Crippen molar-refractivity contribution in [3.05, 3.63) is 71.3 Å². The van der Waals surface area contributed by atoms with Crippen LogP contribution in [0.1, 0.15) is 22.7 Å². The third-order valence-corrected chi connectivity index (χ3v) is 5.19. The van der Waals surface area contributed by atoms with E-state index in [1.54, 1.807) is 6.07 Å². The highest BCUT2D eigenvalue weighted by Gasteiger charge is 2.30. The van der Waals surface area contributed by atoms with Crippen LogP contribution in [0.5, 0.6) is 0 Å². The monoisotopic (exact) mass is 405 g/mol. The van der Waals surface area contributed by atoms with Crippen LogP contribution >= 0.6 is 0 Å². The summed E-state index contributed by atoms with van der Waals surface area (Å²) in [6.07, 6.45) is -4.50. The Morgan fingerprint density at radius 2 is 1.72 bits per heavy atom. The number of piperazine rings is 1. The maximum absolute atomic E-state index is 12.9. The zero-order valence-corrected chi connectivity index (χ0v) is 16.5. The van der Waals surface area contributed by atoms with Gasteiger partial charge in [-0.2, -0.15) is 13.2 Å². The van der Waals surface area contributed by atoms with Gasteiger partial charge in [0.25, 0.3) is 0 Å². The molecule has 4 nitrogen and oxygen atoms in total. The molecule has 0 spiro atoms. The number of rotatable bonds is 6. The molecule has 7 heteroatoms. The van der Waals surface area contributed by atoms with Gasteiger partial charge >= 0.3 is 6.18 Å². The van der Waals surface area contributed by atoms with Gasteiger partial charge in [-0.15, -0.1) is 0 Å². The molecule has 2 aromatic carbocycles. The van der Waals surface area contributed by atoms with Gasteiger partial charge in [-0.3, -0.25) is 9.69 Å². The number of benzene rings is 2. The fourth-order valence-electron chi connectivity index (χ4n) is 3.50. The topological polar surface area (TPSA) is 35.6 Å². The van der Waals surface area contributed by atoms with E-state index >= 15 is 0 Å². The van der Waals surface area contributed by atoms with Gasteiger partial charge in [-0.1, -0.05) is 48.5 Å². The Balaban J connectivity index is 1.68. The molecule has 29 heavy (non-hydrogen) atoms. The van der Waals surface area contributed by atoms with Crippen LogP contribution in [0.2, 0.25) is 0 Å². The molecule has 1 heterocycles. The lowest BCUT2D eigenvalue weighted by Crippen LogP contribution is -2.48. The summed E-state index contributed by atoms with van der Waals surface area (Å²) in [5.41, 5.74) is 0.604. The zero-order chi connectivity index (χ0) is 20.9. The minimum Gasteiger partial charge on any atom is -0.348 e. The number of carbonyl (C=O) groups is 1. The van der Waals surface area contributed by atoms with Gasteiger partial charge in [0, 0.05) is 32.7 Å². The lowest BCUT2D eigenvalue weighted by Gasteiger charge is -2.35. The van der Waals surface area contributed by atoms with E-state index in [9.17, 15) is 18.0 Å². The van der Waals surface area contributed by atoms with E-state index in [0.29, 0.717) is 12.1 Å². The first kappa shape index (κ1) is 21.3. The summed E-state index contributed by atoms with van der Waals surface area (Å²) in [5.74, 6) is -0.285. The van der Waals surface area contributed by atoms with E-state index in [2.05, 4.69) is 22.2 Å². The molecule has 1 saturated heterocycles. The van der Waals surface area contributed by atoms with Crippen molar-refractivity contribution in [2.24, 2.45) is 0 Å². The summed E-state index contributed by atoms with van der Waals surface area (Å²) in [4.78, 5) is 17.2. The Morgan fingerprint density at radius 1 is 1.03 bits per heavy atom. The molecule has 1 fully saturated rings. The van der Waals surface area contributed by atoms with Crippen molar-refractivity contribution >= 4 is 5.91 Å². The summed E-state index contributed by atoms with van der Waals surface area (Å²) in [5, 5.41) is 3.02. The summed E-state index contributed by atoms with van der Waals surface area (Å²) < 4.78 is 38.7. The normalized spacial score (nSPS) is 17.1. The molecule has 0 bridgehead atoms. The second kappa shape index (κ2) is 9.41. The molecule has 1 aliphatic rings. The number of alkyl halides is 3. The van der Waals surface area contributed by atoms with Crippen molar-refractivity contribution in [3.63, 3.8) is 0 Å². The van der Waals surface area contributed by atoms with Gasteiger partial charge in [-0.05, 0) is 24.2 Å².